The van der Waals surface area contributed by atoms with Gasteiger partial charge in [0.05, 0.1) is 0 Å². The van der Waals surface area contributed by atoms with E-state index in [1.807, 2.05) is 6.92 Å². The second kappa shape index (κ2) is 7.16. The topological polar surface area (TPSA) is 52.2 Å². The Kier molecular flexibility index (Phi) is 5.85. The van der Waals surface area contributed by atoms with Crippen LogP contribution in [0.4, 0.5) is 5.82 Å². The molecular formula is C13H24N4O. The Morgan fingerprint density at radius 2 is 2.00 bits per heavy atom. The van der Waals surface area contributed by atoms with Crippen molar-refractivity contribution in [3.63, 3.8) is 0 Å². The number of hydrogen-bond donors (Lipinski definition) is 1. The Morgan fingerprint density at radius 1 is 1.28 bits per heavy atom. The van der Waals surface area contributed by atoms with Crippen LogP contribution >= 0.6 is 0 Å². The van der Waals surface area contributed by atoms with E-state index in [2.05, 4.69) is 40.8 Å². The average Bonchev–Trinajstić information content (AvgIpc) is 2.33. The highest BCUT2D eigenvalue weighted by atomic mass is 16.1. The van der Waals surface area contributed by atoms with Gasteiger partial charge in [0.15, 0.2) is 0 Å². The monoisotopic (exact) mass is 252 g/mol. The lowest BCUT2D eigenvalue weighted by atomic mass is 10.3. The first-order chi connectivity index (χ1) is 8.56. The Labute approximate surface area is 109 Å². The molecule has 5 nitrogen and oxygen atoms in total. The molecule has 0 amide bonds. The highest BCUT2D eigenvalue weighted by Gasteiger charge is 2.08. The summed E-state index contributed by atoms with van der Waals surface area (Å²) in [7, 11) is 4.13. The van der Waals surface area contributed by atoms with Gasteiger partial charge in [-0.3, -0.25) is 4.79 Å². The number of aromatic nitrogens is 2. The molecule has 0 aliphatic carbocycles. The summed E-state index contributed by atoms with van der Waals surface area (Å²) in [6, 6.07) is 1.58. The van der Waals surface area contributed by atoms with Crippen LogP contribution in [0.15, 0.2) is 10.9 Å². The lowest BCUT2D eigenvalue weighted by Crippen LogP contribution is -2.29. The first-order valence-corrected chi connectivity index (χ1v) is 6.56. The molecule has 0 aliphatic rings. The summed E-state index contributed by atoms with van der Waals surface area (Å²) in [4.78, 5) is 23.1. The van der Waals surface area contributed by atoms with E-state index >= 15 is 0 Å². The van der Waals surface area contributed by atoms with Crippen molar-refractivity contribution in [3.05, 3.63) is 22.2 Å². The fourth-order valence-electron chi connectivity index (χ4n) is 1.84. The Bertz CT molecular complexity index is 414. The van der Waals surface area contributed by atoms with Crippen LogP contribution in [0.3, 0.4) is 0 Å². The summed E-state index contributed by atoms with van der Waals surface area (Å²) >= 11 is 0. The molecule has 5 heteroatoms. The maximum absolute atomic E-state index is 11.5. The third-order valence-corrected chi connectivity index (χ3v) is 2.85. The molecule has 102 valence electrons. The predicted molar refractivity (Wildman–Crippen MR) is 75.3 cm³/mol. The molecule has 0 radical (unpaired) electrons. The molecule has 0 spiro atoms. The number of aromatic amines is 1. The van der Waals surface area contributed by atoms with Gasteiger partial charge in [-0.15, -0.1) is 0 Å². The zero-order chi connectivity index (χ0) is 13.5. The summed E-state index contributed by atoms with van der Waals surface area (Å²) in [6.07, 6.45) is 1.81. The molecule has 18 heavy (non-hydrogen) atoms. The first-order valence-electron chi connectivity index (χ1n) is 6.56. The number of nitrogens with one attached hydrogen (secondary N) is 1. The highest BCUT2D eigenvalue weighted by molar-refractivity contribution is 5.37. The zero-order valence-electron chi connectivity index (χ0n) is 11.9. The minimum Gasteiger partial charge on any atom is -0.357 e. The minimum atomic E-state index is -0.0668. The first kappa shape index (κ1) is 14.7. The van der Waals surface area contributed by atoms with Gasteiger partial charge < -0.3 is 14.8 Å². The third-order valence-electron chi connectivity index (χ3n) is 2.85. The van der Waals surface area contributed by atoms with Crippen LogP contribution < -0.4 is 10.5 Å². The molecule has 0 bridgehead atoms. The maximum Gasteiger partial charge on any atom is 0.252 e. The van der Waals surface area contributed by atoms with Crippen LogP contribution in [0.1, 0.15) is 26.1 Å². The van der Waals surface area contributed by atoms with E-state index in [4.69, 9.17) is 0 Å². The molecule has 0 unspecified atom stereocenters. The lowest BCUT2D eigenvalue weighted by Gasteiger charge is -2.22. The van der Waals surface area contributed by atoms with E-state index in [9.17, 15) is 4.79 Å². The zero-order valence-corrected chi connectivity index (χ0v) is 11.9. The van der Waals surface area contributed by atoms with Crippen molar-refractivity contribution in [1.82, 2.24) is 14.9 Å². The fourth-order valence-corrected chi connectivity index (χ4v) is 1.84. The molecule has 1 N–H and O–H groups in total. The predicted octanol–water partition coefficient (Wildman–Crippen LogP) is 1.11. The van der Waals surface area contributed by atoms with Gasteiger partial charge in [0.1, 0.15) is 11.6 Å². The maximum atomic E-state index is 11.5. The molecule has 1 aromatic heterocycles. The molecule has 0 saturated carbocycles. The summed E-state index contributed by atoms with van der Waals surface area (Å²) in [6.45, 7) is 6.91. The van der Waals surface area contributed by atoms with Crippen LogP contribution in [0.5, 0.6) is 0 Å². The number of nitrogens with zero attached hydrogens (tertiary/aromatic N) is 3. The smallest absolute Gasteiger partial charge is 0.252 e. The van der Waals surface area contributed by atoms with Crippen molar-refractivity contribution >= 4 is 5.82 Å². The van der Waals surface area contributed by atoms with Gasteiger partial charge in [0.2, 0.25) is 0 Å². The minimum absolute atomic E-state index is 0.0668. The van der Waals surface area contributed by atoms with E-state index in [0.717, 1.165) is 44.1 Å². The van der Waals surface area contributed by atoms with Crippen molar-refractivity contribution in [1.29, 1.82) is 0 Å². The van der Waals surface area contributed by atoms with Crippen molar-refractivity contribution < 1.29 is 0 Å². The number of aryl methyl sites for hydroxylation is 1. The molecule has 1 heterocycles. The number of H-pyrrole nitrogens is 1. The summed E-state index contributed by atoms with van der Waals surface area (Å²) in [5.74, 6) is 1.54. The van der Waals surface area contributed by atoms with Gasteiger partial charge in [-0.25, -0.2) is 4.98 Å². The van der Waals surface area contributed by atoms with Gasteiger partial charge >= 0.3 is 0 Å². The molecule has 0 fully saturated rings. The molecule has 0 aliphatic heterocycles. The molecule has 0 atom stereocenters. The molecule has 1 rings (SSSR count). The van der Waals surface area contributed by atoms with Gasteiger partial charge in [0, 0.05) is 25.6 Å². The normalized spacial score (nSPS) is 10.9. The van der Waals surface area contributed by atoms with Crippen LogP contribution in [-0.4, -0.2) is 48.6 Å². The summed E-state index contributed by atoms with van der Waals surface area (Å²) in [5, 5.41) is 0. The van der Waals surface area contributed by atoms with Gasteiger partial charge in [-0.1, -0.05) is 6.92 Å². The van der Waals surface area contributed by atoms with Crippen LogP contribution in [0, 0.1) is 0 Å². The van der Waals surface area contributed by atoms with E-state index in [0.29, 0.717) is 0 Å². The standard InChI is InChI=1S/C13H24N4O/c1-5-11-14-12(10-13(18)15-11)17(6-2)9-7-8-16(3)4/h10H,5-9H2,1-4H3,(H,14,15,18). The van der Waals surface area contributed by atoms with Gasteiger partial charge in [-0.2, -0.15) is 0 Å². The molecular weight excluding hydrogens is 228 g/mol. The van der Waals surface area contributed by atoms with Crippen molar-refractivity contribution in [2.75, 3.05) is 38.6 Å². The van der Waals surface area contributed by atoms with Crippen molar-refractivity contribution in [3.8, 4) is 0 Å². The Hall–Kier alpha value is -1.36. The number of hydrogen-bond acceptors (Lipinski definition) is 4. The quantitative estimate of drug-likeness (QED) is 0.790. The van der Waals surface area contributed by atoms with E-state index in [1.54, 1.807) is 6.07 Å². The fraction of sp³-hybridized carbons (Fsp3) is 0.692. The number of anilines is 1. The van der Waals surface area contributed by atoms with Crippen LogP contribution in [0.25, 0.3) is 0 Å². The SMILES string of the molecule is CCc1nc(N(CC)CCCN(C)C)cc(=O)[nH]1. The highest BCUT2D eigenvalue weighted by Crippen LogP contribution is 2.08. The van der Waals surface area contributed by atoms with Gasteiger partial charge in [0.25, 0.3) is 5.56 Å². The van der Waals surface area contributed by atoms with E-state index in [1.165, 1.54) is 0 Å². The lowest BCUT2D eigenvalue weighted by molar-refractivity contribution is 0.400. The largest absolute Gasteiger partial charge is 0.357 e. The Morgan fingerprint density at radius 3 is 2.56 bits per heavy atom. The second-order valence-electron chi connectivity index (χ2n) is 4.64. The number of rotatable bonds is 7. The van der Waals surface area contributed by atoms with Gasteiger partial charge in [-0.05, 0) is 34.0 Å². The summed E-state index contributed by atoms with van der Waals surface area (Å²) in [5.41, 5.74) is -0.0668. The van der Waals surface area contributed by atoms with Crippen LogP contribution in [0.2, 0.25) is 0 Å². The molecule has 1 aromatic rings. The van der Waals surface area contributed by atoms with Crippen molar-refractivity contribution in [2.45, 2.75) is 26.7 Å². The summed E-state index contributed by atoms with van der Waals surface area (Å²) < 4.78 is 0. The molecule has 0 aromatic carbocycles. The van der Waals surface area contributed by atoms with Crippen LogP contribution in [-0.2, 0) is 6.42 Å². The van der Waals surface area contributed by atoms with E-state index in [-0.39, 0.29) is 5.56 Å². The molecule has 0 saturated heterocycles. The average molecular weight is 252 g/mol. The van der Waals surface area contributed by atoms with Crippen molar-refractivity contribution in [2.24, 2.45) is 0 Å². The Balaban J connectivity index is 2.75. The van der Waals surface area contributed by atoms with E-state index < -0.39 is 0 Å². The third kappa shape index (κ3) is 4.49. The second-order valence-corrected chi connectivity index (χ2v) is 4.64.